The van der Waals surface area contributed by atoms with Crippen LogP contribution in [0.3, 0.4) is 0 Å². The van der Waals surface area contributed by atoms with Crippen LogP contribution in [0.4, 0.5) is 33.8 Å². The molecule has 0 fully saturated rings. The van der Waals surface area contributed by atoms with Crippen LogP contribution in [0.15, 0.2) is 23.1 Å². The van der Waals surface area contributed by atoms with E-state index < -0.39 is 23.6 Å². The Bertz CT molecular complexity index is 1190. The van der Waals surface area contributed by atoms with Gasteiger partial charge in [-0.2, -0.15) is 10.2 Å². The van der Waals surface area contributed by atoms with Gasteiger partial charge in [0.05, 0.1) is 11.9 Å². The topological polar surface area (TPSA) is 264 Å². The number of H-pyrrole nitrogens is 2. The molecule has 3 amide bonds. The van der Waals surface area contributed by atoms with E-state index >= 15 is 0 Å². The number of nitrogens with one attached hydrogen (secondary N) is 4. The molecule has 3 rings (SSSR count). The molecular weight excluding hydrogens is 440 g/mol. The SMILES string of the molecule is Nc1nc(N)c(NC(=O)Nc2ccc(N(C=O)[C@@H](CCc3nn[nH]n3)C(=O)O)nc2)c(=O)[nH]1. The van der Waals surface area contributed by atoms with Gasteiger partial charge in [-0.25, -0.2) is 14.6 Å². The van der Waals surface area contributed by atoms with E-state index in [-0.39, 0.29) is 41.8 Å². The fraction of sp³-hybridized carbons (Fsp3) is 0.188. The molecule has 0 radical (unpaired) electrons. The van der Waals surface area contributed by atoms with Gasteiger partial charge < -0.3 is 21.9 Å². The normalized spacial score (nSPS) is 11.4. The van der Waals surface area contributed by atoms with Crippen molar-refractivity contribution in [1.29, 1.82) is 0 Å². The van der Waals surface area contributed by atoms with Crippen molar-refractivity contribution in [1.82, 2.24) is 35.6 Å². The largest absolute Gasteiger partial charge is 0.480 e. The minimum absolute atomic E-state index is 0.00326. The third-order valence-electron chi connectivity index (χ3n) is 4.24. The Balaban J connectivity index is 1.68. The Morgan fingerprint density at radius 1 is 1.27 bits per heavy atom. The molecule has 3 aromatic rings. The van der Waals surface area contributed by atoms with Gasteiger partial charge in [-0.05, 0) is 18.6 Å². The highest BCUT2D eigenvalue weighted by molar-refractivity contribution is 6.01. The van der Waals surface area contributed by atoms with Gasteiger partial charge >= 0.3 is 12.0 Å². The van der Waals surface area contributed by atoms with Gasteiger partial charge in [-0.15, -0.1) is 10.2 Å². The van der Waals surface area contributed by atoms with Crippen LogP contribution in [-0.4, -0.2) is 65.1 Å². The standard InChI is InChI=1S/C16H18N12O5/c17-12-11(13(30)23-15(18)22-12)21-16(33)20-7-1-4-10(19-5-7)28(6-29)8(14(31)32)2-3-9-24-26-27-25-9/h1,4-6,8H,2-3H2,(H,31,32)(H2,20,21,33)(H,24,25,26,27)(H5,17,18,22,23,30)/t8-/m0/s1. The van der Waals surface area contributed by atoms with Gasteiger partial charge in [0.1, 0.15) is 11.9 Å². The summed E-state index contributed by atoms with van der Waals surface area (Å²) in [4.78, 5) is 58.1. The van der Waals surface area contributed by atoms with Gasteiger partial charge in [-0.3, -0.25) is 24.8 Å². The summed E-state index contributed by atoms with van der Waals surface area (Å²) in [5, 5.41) is 27.3. The minimum Gasteiger partial charge on any atom is -0.480 e. The van der Waals surface area contributed by atoms with Crippen LogP contribution in [0.2, 0.25) is 0 Å². The Hall–Kier alpha value is -5.09. The van der Waals surface area contributed by atoms with Gasteiger partial charge in [0.25, 0.3) is 5.56 Å². The van der Waals surface area contributed by atoms with Gasteiger partial charge in [0, 0.05) is 6.42 Å². The molecule has 17 nitrogen and oxygen atoms in total. The Morgan fingerprint density at radius 2 is 2.06 bits per heavy atom. The lowest BCUT2D eigenvalue weighted by molar-refractivity contribution is -0.139. The fourth-order valence-corrected chi connectivity index (χ4v) is 2.74. The molecule has 0 aliphatic heterocycles. The molecule has 1 atom stereocenters. The number of rotatable bonds is 9. The number of aromatic amines is 2. The zero-order chi connectivity index (χ0) is 24.0. The molecule has 0 saturated heterocycles. The van der Waals surface area contributed by atoms with Gasteiger partial charge in [-0.1, -0.05) is 5.21 Å². The zero-order valence-electron chi connectivity index (χ0n) is 16.7. The maximum atomic E-state index is 12.2. The number of anilines is 5. The lowest BCUT2D eigenvalue weighted by Gasteiger charge is -2.23. The van der Waals surface area contributed by atoms with Crippen LogP contribution in [0.5, 0.6) is 0 Å². The van der Waals surface area contributed by atoms with Crippen molar-refractivity contribution < 1.29 is 19.5 Å². The molecule has 0 unspecified atom stereocenters. The number of nitrogen functional groups attached to an aromatic ring is 2. The lowest BCUT2D eigenvalue weighted by atomic mass is 10.1. The lowest BCUT2D eigenvalue weighted by Crippen LogP contribution is -2.41. The molecule has 3 heterocycles. The maximum Gasteiger partial charge on any atom is 0.326 e. The average Bonchev–Trinajstić information content (AvgIpc) is 3.28. The maximum absolute atomic E-state index is 12.2. The summed E-state index contributed by atoms with van der Waals surface area (Å²) in [6.45, 7) is 0. The molecule has 9 N–H and O–H groups in total. The molecule has 0 aromatic carbocycles. The molecule has 0 spiro atoms. The fourth-order valence-electron chi connectivity index (χ4n) is 2.74. The van der Waals surface area contributed by atoms with E-state index in [0.29, 0.717) is 12.2 Å². The highest BCUT2D eigenvalue weighted by Gasteiger charge is 2.27. The van der Waals surface area contributed by atoms with E-state index in [0.717, 1.165) is 4.90 Å². The number of urea groups is 1. The number of nitrogens with two attached hydrogens (primary N) is 2. The van der Waals surface area contributed by atoms with Crippen molar-refractivity contribution in [2.45, 2.75) is 18.9 Å². The summed E-state index contributed by atoms with van der Waals surface area (Å²) in [5.74, 6) is -1.42. The molecular formula is C16H18N12O5. The number of pyridine rings is 1. The first-order chi connectivity index (χ1) is 15.8. The summed E-state index contributed by atoms with van der Waals surface area (Å²) >= 11 is 0. The molecule has 0 bridgehead atoms. The number of carboxylic acids is 1. The van der Waals surface area contributed by atoms with E-state index in [9.17, 15) is 24.3 Å². The first-order valence-corrected chi connectivity index (χ1v) is 9.16. The van der Waals surface area contributed by atoms with Gasteiger partial charge in [0.2, 0.25) is 12.4 Å². The predicted molar refractivity (Wildman–Crippen MR) is 113 cm³/mol. The van der Waals surface area contributed by atoms with Crippen molar-refractivity contribution in [2.24, 2.45) is 0 Å². The van der Waals surface area contributed by atoms with E-state index in [4.69, 9.17) is 11.5 Å². The summed E-state index contributed by atoms with van der Waals surface area (Å²) in [6, 6.07) is 0.637. The summed E-state index contributed by atoms with van der Waals surface area (Å²) in [5.41, 5.74) is 10.1. The summed E-state index contributed by atoms with van der Waals surface area (Å²) in [7, 11) is 0. The smallest absolute Gasteiger partial charge is 0.326 e. The molecule has 0 aliphatic rings. The number of hydrogen-bond acceptors (Lipinski definition) is 11. The Kier molecular flexibility index (Phi) is 6.72. The third-order valence-corrected chi connectivity index (χ3v) is 4.24. The van der Waals surface area contributed by atoms with E-state index in [1.54, 1.807) is 0 Å². The van der Waals surface area contributed by atoms with Crippen molar-refractivity contribution in [3.05, 3.63) is 34.5 Å². The van der Waals surface area contributed by atoms with E-state index in [2.05, 4.69) is 46.2 Å². The van der Waals surface area contributed by atoms with Gasteiger partial charge in [0.15, 0.2) is 17.3 Å². The number of carbonyl (C=O) groups is 3. The number of carboxylic acid groups (broad SMARTS) is 1. The molecule has 33 heavy (non-hydrogen) atoms. The first kappa shape index (κ1) is 22.6. The number of hydrogen-bond donors (Lipinski definition) is 7. The van der Waals surface area contributed by atoms with E-state index in [1.165, 1.54) is 18.3 Å². The Morgan fingerprint density at radius 3 is 2.64 bits per heavy atom. The van der Waals surface area contributed by atoms with Crippen molar-refractivity contribution in [2.75, 3.05) is 27.0 Å². The van der Waals surface area contributed by atoms with Crippen LogP contribution >= 0.6 is 0 Å². The highest BCUT2D eigenvalue weighted by atomic mass is 16.4. The average molecular weight is 458 g/mol. The first-order valence-electron chi connectivity index (χ1n) is 9.16. The molecule has 172 valence electrons. The molecule has 17 heteroatoms. The molecule has 0 aliphatic carbocycles. The number of tetrazole rings is 1. The number of nitrogens with zero attached hydrogens (tertiary/aromatic N) is 6. The summed E-state index contributed by atoms with van der Waals surface area (Å²) < 4.78 is 0. The number of aryl methyl sites for hydroxylation is 1. The van der Waals surface area contributed by atoms with E-state index in [1.807, 2.05) is 0 Å². The minimum atomic E-state index is -1.26. The zero-order valence-corrected chi connectivity index (χ0v) is 16.7. The molecule has 3 aromatic heterocycles. The highest BCUT2D eigenvalue weighted by Crippen LogP contribution is 2.18. The van der Waals surface area contributed by atoms with Crippen LogP contribution in [0.1, 0.15) is 12.2 Å². The van der Waals surface area contributed by atoms with Crippen LogP contribution in [0.25, 0.3) is 0 Å². The van der Waals surface area contributed by atoms with Crippen molar-refractivity contribution in [3.63, 3.8) is 0 Å². The second-order valence-corrected chi connectivity index (χ2v) is 6.43. The predicted octanol–water partition coefficient (Wildman–Crippen LogP) is -1.46. The van der Waals surface area contributed by atoms with Crippen molar-refractivity contribution in [3.8, 4) is 0 Å². The second kappa shape index (κ2) is 9.81. The Labute approximate surface area is 183 Å². The monoisotopic (exact) mass is 458 g/mol. The number of aliphatic carboxylic acids is 1. The number of carbonyl (C=O) groups excluding carboxylic acids is 2. The quantitative estimate of drug-likeness (QED) is 0.181. The summed E-state index contributed by atoms with van der Waals surface area (Å²) in [6.07, 6.45) is 1.68. The second-order valence-electron chi connectivity index (χ2n) is 6.43. The van der Waals surface area contributed by atoms with Crippen LogP contribution < -0.4 is 32.6 Å². The van der Waals surface area contributed by atoms with Crippen LogP contribution in [0, 0.1) is 0 Å². The number of amides is 3. The molecule has 0 saturated carbocycles. The third kappa shape index (κ3) is 5.54. The number of aromatic nitrogens is 7. The van der Waals surface area contributed by atoms with Crippen molar-refractivity contribution >= 4 is 47.4 Å². The van der Waals surface area contributed by atoms with Crippen LogP contribution in [-0.2, 0) is 16.0 Å².